The molecular formula is C17H28BrN5O2S. The second-order valence-electron chi connectivity index (χ2n) is 6.39. The van der Waals surface area contributed by atoms with Crippen molar-refractivity contribution in [3.8, 4) is 0 Å². The molecule has 1 aliphatic rings. The fourth-order valence-corrected chi connectivity index (χ4v) is 3.75. The predicted molar refractivity (Wildman–Crippen MR) is 110 cm³/mol. The van der Waals surface area contributed by atoms with Gasteiger partial charge in [-0.25, -0.2) is 13.1 Å². The lowest BCUT2D eigenvalue weighted by Gasteiger charge is -2.39. The first kappa shape index (κ1) is 21.1. The standard InChI is InChI=1S/C17H28BrN5O2S/c1-14(15-4-6-16(18)7-5-15)22-10-12-23(13-11-22)17(19-2)20-8-9-21-26(3,24)25/h4-7,14,21H,8-13H2,1-3H3,(H,19,20). The van der Waals surface area contributed by atoms with Crippen molar-refractivity contribution in [2.75, 3.05) is 52.6 Å². The molecule has 1 heterocycles. The Hall–Kier alpha value is -1.16. The fourth-order valence-electron chi connectivity index (χ4n) is 3.02. The molecule has 1 unspecified atom stereocenters. The highest BCUT2D eigenvalue weighted by molar-refractivity contribution is 9.10. The van der Waals surface area contributed by atoms with Crippen LogP contribution < -0.4 is 10.0 Å². The van der Waals surface area contributed by atoms with E-state index in [1.54, 1.807) is 7.05 Å². The molecule has 146 valence electrons. The average molecular weight is 446 g/mol. The minimum atomic E-state index is -3.15. The van der Waals surface area contributed by atoms with E-state index in [0.717, 1.165) is 42.9 Å². The van der Waals surface area contributed by atoms with Crippen LogP contribution in [0.3, 0.4) is 0 Å². The van der Waals surface area contributed by atoms with Gasteiger partial charge in [0.05, 0.1) is 6.26 Å². The molecule has 2 rings (SSSR count). The molecule has 0 radical (unpaired) electrons. The lowest BCUT2D eigenvalue weighted by atomic mass is 10.1. The highest BCUT2D eigenvalue weighted by atomic mass is 79.9. The summed E-state index contributed by atoms with van der Waals surface area (Å²) < 4.78 is 25.8. The minimum absolute atomic E-state index is 0.346. The molecule has 0 amide bonds. The van der Waals surface area contributed by atoms with Crippen LogP contribution in [0.25, 0.3) is 0 Å². The number of hydrogen-bond donors (Lipinski definition) is 2. The maximum Gasteiger partial charge on any atom is 0.208 e. The Morgan fingerprint density at radius 1 is 1.19 bits per heavy atom. The summed E-state index contributed by atoms with van der Waals surface area (Å²) in [4.78, 5) is 9.00. The molecule has 0 spiro atoms. The van der Waals surface area contributed by atoms with Crippen LogP contribution >= 0.6 is 15.9 Å². The molecule has 1 aromatic rings. The summed E-state index contributed by atoms with van der Waals surface area (Å²) in [5, 5.41) is 3.22. The topological polar surface area (TPSA) is 77.0 Å². The van der Waals surface area contributed by atoms with Gasteiger partial charge < -0.3 is 10.2 Å². The van der Waals surface area contributed by atoms with Crippen molar-refractivity contribution in [3.63, 3.8) is 0 Å². The molecule has 1 atom stereocenters. The summed E-state index contributed by atoms with van der Waals surface area (Å²) in [5.41, 5.74) is 1.32. The third-order valence-electron chi connectivity index (χ3n) is 4.50. The van der Waals surface area contributed by atoms with E-state index in [2.05, 4.69) is 72.0 Å². The number of nitrogens with one attached hydrogen (secondary N) is 2. The predicted octanol–water partition coefficient (Wildman–Crippen LogP) is 1.25. The van der Waals surface area contributed by atoms with Crippen molar-refractivity contribution in [2.24, 2.45) is 4.99 Å². The molecule has 1 aliphatic heterocycles. The van der Waals surface area contributed by atoms with Gasteiger partial charge in [-0.05, 0) is 24.6 Å². The summed E-state index contributed by atoms with van der Waals surface area (Å²) in [7, 11) is -1.40. The van der Waals surface area contributed by atoms with Crippen LogP contribution in [0.2, 0.25) is 0 Å². The average Bonchev–Trinajstić information content (AvgIpc) is 2.61. The van der Waals surface area contributed by atoms with Gasteiger partial charge in [0.15, 0.2) is 5.96 Å². The molecular weight excluding hydrogens is 418 g/mol. The van der Waals surface area contributed by atoms with Crippen molar-refractivity contribution >= 4 is 31.9 Å². The van der Waals surface area contributed by atoms with Crippen LogP contribution in [0.1, 0.15) is 18.5 Å². The van der Waals surface area contributed by atoms with Crippen molar-refractivity contribution < 1.29 is 8.42 Å². The lowest BCUT2D eigenvalue weighted by Crippen LogP contribution is -2.53. The molecule has 1 fully saturated rings. The van der Waals surface area contributed by atoms with Gasteiger partial charge in [0.1, 0.15) is 0 Å². The summed E-state index contributed by atoms with van der Waals surface area (Å²) in [5.74, 6) is 0.816. The molecule has 2 N–H and O–H groups in total. The van der Waals surface area contributed by atoms with Crippen LogP contribution in [0.4, 0.5) is 0 Å². The highest BCUT2D eigenvalue weighted by Crippen LogP contribution is 2.23. The highest BCUT2D eigenvalue weighted by Gasteiger charge is 2.23. The van der Waals surface area contributed by atoms with Gasteiger partial charge in [-0.1, -0.05) is 28.1 Å². The van der Waals surface area contributed by atoms with Crippen molar-refractivity contribution in [1.29, 1.82) is 0 Å². The van der Waals surface area contributed by atoms with Crippen LogP contribution in [0, 0.1) is 0 Å². The monoisotopic (exact) mass is 445 g/mol. The number of hydrogen-bond acceptors (Lipinski definition) is 4. The Labute approximate surface area is 165 Å². The zero-order valence-electron chi connectivity index (χ0n) is 15.6. The normalized spacial score (nSPS) is 18.0. The molecule has 26 heavy (non-hydrogen) atoms. The van der Waals surface area contributed by atoms with Crippen LogP contribution in [0.15, 0.2) is 33.7 Å². The van der Waals surface area contributed by atoms with E-state index < -0.39 is 10.0 Å². The molecule has 0 saturated carbocycles. The summed E-state index contributed by atoms with van der Waals surface area (Å²) in [6.45, 7) is 6.79. The summed E-state index contributed by atoms with van der Waals surface area (Å²) in [6.07, 6.45) is 1.16. The first-order chi connectivity index (χ1) is 12.3. The van der Waals surface area contributed by atoms with Crippen LogP contribution in [-0.4, -0.2) is 76.7 Å². The Balaban J connectivity index is 1.81. The zero-order chi connectivity index (χ0) is 19.2. The molecule has 9 heteroatoms. The molecule has 0 aliphatic carbocycles. The summed E-state index contributed by atoms with van der Waals surface area (Å²) >= 11 is 3.48. The first-order valence-electron chi connectivity index (χ1n) is 8.70. The number of aliphatic imine (C=N–C) groups is 1. The number of sulfonamides is 1. The van der Waals surface area contributed by atoms with Gasteiger partial charge in [0, 0.05) is 56.8 Å². The van der Waals surface area contributed by atoms with E-state index in [4.69, 9.17) is 0 Å². The number of nitrogens with zero attached hydrogens (tertiary/aromatic N) is 3. The Bertz CT molecular complexity index is 700. The van der Waals surface area contributed by atoms with Gasteiger partial charge in [-0.2, -0.15) is 0 Å². The minimum Gasteiger partial charge on any atom is -0.355 e. The fraction of sp³-hybridized carbons (Fsp3) is 0.588. The van der Waals surface area contributed by atoms with Crippen molar-refractivity contribution in [1.82, 2.24) is 19.8 Å². The molecule has 1 aromatic carbocycles. The molecule has 0 bridgehead atoms. The molecule has 0 aromatic heterocycles. The lowest BCUT2D eigenvalue weighted by molar-refractivity contribution is 0.138. The van der Waals surface area contributed by atoms with Gasteiger partial charge in [0.2, 0.25) is 10.0 Å². The molecule has 1 saturated heterocycles. The maximum atomic E-state index is 11.1. The van der Waals surface area contributed by atoms with Gasteiger partial charge in [-0.15, -0.1) is 0 Å². The maximum absolute atomic E-state index is 11.1. The van der Waals surface area contributed by atoms with E-state index >= 15 is 0 Å². The van der Waals surface area contributed by atoms with Gasteiger partial charge in [0.25, 0.3) is 0 Å². The number of rotatable bonds is 6. The second kappa shape index (κ2) is 9.68. The third kappa shape index (κ3) is 6.53. The number of piperazine rings is 1. The van der Waals surface area contributed by atoms with E-state index in [1.165, 1.54) is 5.56 Å². The third-order valence-corrected chi connectivity index (χ3v) is 5.76. The quantitative estimate of drug-likeness (QED) is 0.391. The van der Waals surface area contributed by atoms with E-state index in [0.29, 0.717) is 19.1 Å². The first-order valence-corrected chi connectivity index (χ1v) is 11.4. The SMILES string of the molecule is CN=C(NCCNS(C)(=O)=O)N1CCN(C(C)c2ccc(Br)cc2)CC1. The van der Waals surface area contributed by atoms with Crippen molar-refractivity contribution in [3.05, 3.63) is 34.3 Å². The van der Waals surface area contributed by atoms with Gasteiger partial charge in [-0.3, -0.25) is 9.89 Å². The van der Waals surface area contributed by atoms with E-state index in [9.17, 15) is 8.42 Å². The van der Waals surface area contributed by atoms with Crippen molar-refractivity contribution in [2.45, 2.75) is 13.0 Å². The largest absolute Gasteiger partial charge is 0.355 e. The Morgan fingerprint density at radius 3 is 2.35 bits per heavy atom. The Morgan fingerprint density at radius 2 is 1.81 bits per heavy atom. The summed E-state index contributed by atoms with van der Waals surface area (Å²) in [6, 6.07) is 8.86. The van der Waals surface area contributed by atoms with Crippen LogP contribution in [-0.2, 0) is 10.0 Å². The zero-order valence-corrected chi connectivity index (χ0v) is 18.0. The van der Waals surface area contributed by atoms with Crippen LogP contribution in [0.5, 0.6) is 0 Å². The smallest absolute Gasteiger partial charge is 0.208 e. The van der Waals surface area contributed by atoms with E-state index in [-0.39, 0.29) is 0 Å². The number of benzene rings is 1. The Kier molecular flexibility index (Phi) is 7.87. The second-order valence-corrected chi connectivity index (χ2v) is 9.14. The number of halogens is 1. The molecule has 7 nitrogen and oxygen atoms in total. The van der Waals surface area contributed by atoms with E-state index in [1.807, 2.05) is 0 Å². The number of guanidine groups is 1. The van der Waals surface area contributed by atoms with Gasteiger partial charge >= 0.3 is 0 Å².